The van der Waals surface area contributed by atoms with Crippen LogP contribution < -0.4 is 15.6 Å². The number of hydrogen-bond donors (Lipinski definition) is 1. The summed E-state index contributed by atoms with van der Waals surface area (Å²) in [5, 5.41) is 3.31. The van der Waals surface area contributed by atoms with Gasteiger partial charge in [0.05, 0.1) is 11.3 Å². The van der Waals surface area contributed by atoms with Crippen molar-refractivity contribution in [2.75, 3.05) is 11.1 Å². The Morgan fingerprint density at radius 1 is 1.22 bits per heavy atom. The Morgan fingerprint density at radius 3 is 2.69 bits per heavy atom. The van der Waals surface area contributed by atoms with Crippen molar-refractivity contribution in [1.82, 2.24) is 9.55 Å². The molecule has 2 heterocycles. The topological polar surface area (TPSA) is 73.2 Å². The summed E-state index contributed by atoms with van der Waals surface area (Å²) in [5.41, 5.74) is 3.32. The number of nitrogens with one attached hydrogen (secondary N) is 1. The van der Waals surface area contributed by atoms with E-state index < -0.39 is 0 Å². The first-order valence-electron chi connectivity index (χ1n) is 10.2. The summed E-state index contributed by atoms with van der Waals surface area (Å²) in [6, 6.07) is 15.6. The summed E-state index contributed by atoms with van der Waals surface area (Å²) in [6.07, 6.45) is 5.52. The standard InChI is InChI=1S/C25H23N3O3S/c1-4-13-32-25-27-24(30)22-20(14-21(29)26-23(22)28(25)3)17-9-11-19(12-10-17)31-15-18-8-6-5-7-16(18)2/h1,5-12,20H,13-15H2,2-3H3,(H,26,29). The smallest absolute Gasteiger partial charge is 0.279 e. The maximum absolute atomic E-state index is 12.9. The van der Waals surface area contributed by atoms with Crippen molar-refractivity contribution in [3.63, 3.8) is 0 Å². The fourth-order valence-corrected chi connectivity index (χ4v) is 4.43. The van der Waals surface area contributed by atoms with Crippen LogP contribution >= 0.6 is 11.8 Å². The van der Waals surface area contributed by atoms with E-state index >= 15 is 0 Å². The molecule has 1 aromatic heterocycles. The largest absolute Gasteiger partial charge is 0.489 e. The summed E-state index contributed by atoms with van der Waals surface area (Å²) in [5.74, 6) is 3.60. The molecule has 0 radical (unpaired) electrons. The number of aryl methyl sites for hydroxylation is 1. The summed E-state index contributed by atoms with van der Waals surface area (Å²) >= 11 is 1.29. The number of ether oxygens (including phenoxy) is 1. The van der Waals surface area contributed by atoms with E-state index in [1.54, 1.807) is 11.6 Å². The van der Waals surface area contributed by atoms with Crippen LogP contribution in [0.4, 0.5) is 5.82 Å². The highest BCUT2D eigenvalue weighted by molar-refractivity contribution is 7.99. The monoisotopic (exact) mass is 445 g/mol. The number of terminal acetylenes is 1. The summed E-state index contributed by atoms with van der Waals surface area (Å²) in [7, 11) is 1.77. The molecule has 0 aliphatic carbocycles. The lowest BCUT2D eigenvalue weighted by molar-refractivity contribution is -0.116. The maximum Gasteiger partial charge on any atom is 0.279 e. The van der Waals surface area contributed by atoms with Gasteiger partial charge < -0.3 is 14.6 Å². The Kier molecular flexibility index (Phi) is 6.33. The van der Waals surface area contributed by atoms with E-state index in [9.17, 15) is 9.59 Å². The number of carbonyl (C=O) groups is 1. The van der Waals surface area contributed by atoms with Gasteiger partial charge in [0.1, 0.15) is 18.2 Å². The van der Waals surface area contributed by atoms with E-state index in [0.29, 0.717) is 28.9 Å². The quantitative estimate of drug-likeness (QED) is 0.354. The molecule has 0 saturated heterocycles. The predicted molar refractivity (Wildman–Crippen MR) is 126 cm³/mol. The molecule has 0 spiro atoms. The molecule has 2 aromatic carbocycles. The second kappa shape index (κ2) is 9.33. The lowest BCUT2D eigenvalue weighted by Gasteiger charge is -2.27. The number of aromatic nitrogens is 2. The maximum atomic E-state index is 12.9. The third kappa shape index (κ3) is 4.41. The molecular weight excluding hydrogens is 422 g/mol. The first kappa shape index (κ1) is 21.7. The second-order valence-corrected chi connectivity index (χ2v) is 8.55. The van der Waals surface area contributed by atoms with Crippen molar-refractivity contribution in [2.45, 2.75) is 31.0 Å². The molecule has 1 N–H and O–H groups in total. The van der Waals surface area contributed by atoms with Crippen LogP contribution in [-0.2, 0) is 18.4 Å². The Hall–Kier alpha value is -3.50. The predicted octanol–water partition coefficient (Wildman–Crippen LogP) is 3.87. The van der Waals surface area contributed by atoms with Crippen LogP contribution in [-0.4, -0.2) is 21.2 Å². The normalized spacial score (nSPS) is 14.9. The van der Waals surface area contributed by atoms with Crippen LogP contribution in [0.1, 0.15) is 34.6 Å². The Labute approximate surface area is 191 Å². The van der Waals surface area contributed by atoms with E-state index in [-0.39, 0.29) is 23.8 Å². The van der Waals surface area contributed by atoms with Gasteiger partial charge in [-0.1, -0.05) is 54.1 Å². The highest BCUT2D eigenvalue weighted by atomic mass is 32.2. The molecule has 1 amide bonds. The van der Waals surface area contributed by atoms with Crippen molar-refractivity contribution < 1.29 is 9.53 Å². The molecule has 32 heavy (non-hydrogen) atoms. The van der Waals surface area contributed by atoms with E-state index in [4.69, 9.17) is 11.2 Å². The number of fused-ring (bicyclic) bond motifs is 1. The third-order valence-corrected chi connectivity index (χ3v) is 6.46. The van der Waals surface area contributed by atoms with Crippen LogP contribution in [0.5, 0.6) is 5.75 Å². The number of nitrogens with zero attached hydrogens (tertiary/aromatic N) is 2. The van der Waals surface area contributed by atoms with Gasteiger partial charge in [-0.25, -0.2) is 0 Å². The number of hydrogen-bond acceptors (Lipinski definition) is 5. The van der Waals surface area contributed by atoms with Gasteiger partial charge in [0, 0.05) is 19.4 Å². The molecule has 1 aliphatic rings. The molecular formula is C25H23N3O3S. The number of rotatable bonds is 6. The number of thioether (sulfide) groups is 1. The third-order valence-electron chi connectivity index (χ3n) is 5.52. The molecule has 3 aromatic rings. The zero-order valence-electron chi connectivity index (χ0n) is 17.9. The first-order chi connectivity index (χ1) is 15.5. The number of carbonyl (C=O) groups excluding carboxylic acids is 1. The van der Waals surface area contributed by atoms with Crippen LogP contribution in [0.25, 0.3) is 0 Å². The molecule has 162 valence electrons. The van der Waals surface area contributed by atoms with Crippen LogP contribution in [0.2, 0.25) is 0 Å². The summed E-state index contributed by atoms with van der Waals surface area (Å²) < 4.78 is 7.65. The van der Waals surface area contributed by atoms with Crippen LogP contribution in [0.15, 0.2) is 58.5 Å². The molecule has 1 atom stereocenters. The SMILES string of the molecule is C#CCSc1nc(=O)c2c(n1C)NC(=O)CC2c1ccc(OCc2ccccc2C)cc1. The minimum Gasteiger partial charge on any atom is -0.489 e. The van der Waals surface area contributed by atoms with Crippen molar-refractivity contribution in [3.05, 3.63) is 81.1 Å². The Bertz CT molecular complexity index is 1260. The molecule has 0 bridgehead atoms. The van der Waals surface area contributed by atoms with Gasteiger partial charge >= 0.3 is 0 Å². The van der Waals surface area contributed by atoms with E-state index in [2.05, 4.69) is 29.2 Å². The van der Waals surface area contributed by atoms with Gasteiger partial charge in [-0.2, -0.15) is 4.98 Å². The zero-order chi connectivity index (χ0) is 22.7. The van der Waals surface area contributed by atoms with Gasteiger partial charge in [-0.3, -0.25) is 9.59 Å². The Morgan fingerprint density at radius 2 is 1.97 bits per heavy atom. The van der Waals surface area contributed by atoms with E-state index in [0.717, 1.165) is 16.9 Å². The highest BCUT2D eigenvalue weighted by Crippen LogP contribution is 2.36. The molecule has 1 unspecified atom stereocenters. The van der Waals surface area contributed by atoms with E-state index in [1.165, 1.54) is 17.3 Å². The van der Waals surface area contributed by atoms with Gasteiger partial charge in [-0.15, -0.1) is 6.42 Å². The van der Waals surface area contributed by atoms with Crippen molar-refractivity contribution in [1.29, 1.82) is 0 Å². The number of benzene rings is 2. The minimum atomic E-state index is -0.373. The van der Waals surface area contributed by atoms with Crippen LogP contribution in [0, 0.1) is 19.3 Å². The fraction of sp³-hybridized carbons (Fsp3) is 0.240. The molecule has 1 aliphatic heterocycles. The highest BCUT2D eigenvalue weighted by Gasteiger charge is 2.32. The van der Waals surface area contributed by atoms with Gasteiger partial charge in [-0.05, 0) is 35.7 Å². The lowest BCUT2D eigenvalue weighted by Crippen LogP contribution is -2.33. The van der Waals surface area contributed by atoms with E-state index in [1.807, 2.05) is 42.5 Å². The molecule has 7 heteroatoms. The molecule has 6 nitrogen and oxygen atoms in total. The molecule has 0 fully saturated rings. The van der Waals surface area contributed by atoms with Gasteiger partial charge in [0.2, 0.25) is 5.91 Å². The van der Waals surface area contributed by atoms with Gasteiger partial charge in [0.15, 0.2) is 5.16 Å². The van der Waals surface area contributed by atoms with Crippen molar-refractivity contribution in [2.24, 2.45) is 7.05 Å². The average Bonchev–Trinajstić information content (AvgIpc) is 2.79. The number of amides is 1. The summed E-state index contributed by atoms with van der Waals surface area (Å²) in [4.78, 5) is 29.5. The van der Waals surface area contributed by atoms with Crippen LogP contribution in [0.3, 0.4) is 0 Å². The average molecular weight is 446 g/mol. The molecule has 0 saturated carbocycles. The zero-order valence-corrected chi connectivity index (χ0v) is 18.7. The molecule has 4 rings (SSSR count). The minimum absolute atomic E-state index is 0.142. The lowest BCUT2D eigenvalue weighted by atomic mass is 9.87. The van der Waals surface area contributed by atoms with Gasteiger partial charge in [0.25, 0.3) is 5.56 Å². The fourth-order valence-electron chi connectivity index (χ4n) is 3.78. The van der Waals surface area contributed by atoms with Crippen molar-refractivity contribution >= 4 is 23.5 Å². The Balaban J connectivity index is 1.60. The number of anilines is 1. The summed E-state index contributed by atoms with van der Waals surface area (Å²) in [6.45, 7) is 2.53. The first-order valence-corrected chi connectivity index (χ1v) is 11.2. The second-order valence-electron chi connectivity index (χ2n) is 7.60. The van der Waals surface area contributed by atoms with Crippen molar-refractivity contribution in [3.8, 4) is 18.1 Å².